The van der Waals surface area contributed by atoms with E-state index in [9.17, 15) is 4.79 Å². The number of aryl methyl sites for hydroxylation is 1. The summed E-state index contributed by atoms with van der Waals surface area (Å²) in [6.07, 6.45) is 2.43. The van der Waals surface area contributed by atoms with Crippen LogP contribution in [0.3, 0.4) is 0 Å². The van der Waals surface area contributed by atoms with Crippen LogP contribution in [-0.2, 0) is 4.74 Å². The van der Waals surface area contributed by atoms with Gasteiger partial charge < -0.3 is 19.4 Å². The van der Waals surface area contributed by atoms with Crippen molar-refractivity contribution in [1.29, 1.82) is 0 Å². The highest BCUT2D eigenvalue weighted by Gasteiger charge is 2.31. The van der Waals surface area contributed by atoms with E-state index in [0.717, 1.165) is 31.2 Å². The molecule has 162 valence electrons. The Labute approximate surface area is 179 Å². The monoisotopic (exact) mass is 411 g/mol. The maximum absolute atomic E-state index is 13.3. The second-order valence-corrected chi connectivity index (χ2v) is 8.48. The lowest BCUT2D eigenvalue weighted by Gasteiger charge is -2.35. The lowest BCUT2D eigenvalue weighted by atomic mass is 10.1. The van der Waals surface area contributed by atoms with E-state index in [-0.39, 0.29) is 18.1 Å². The van der Waals surface area contributed by atoms with Crippen molar-refractivity contribution >= 4 is 6.03 Å². The fourth-order valence-electron chi connectivity index (χ4n) is 4.12. The molecule has 2 aromatic rings. The molecule has 1 aliphatic carbocycles. The van der Waals surface area contributed by atoms with Crippen molar-refractivity contribution in [3.8, 4) is 0 Å². The zero-order valence-electron chi connectivity index (χ0n) is 18.0. The van der Waals surface area contributed by atoms with Crippen LogP contribution < -0.4 is 5.32 Å². The van der Waals surface area contributed by atoms with Crippen LogP contribution in [0.2, 0.25) is 0 Å². The van der Waals surface area contributed by atoms with Crippen LogP contribution >= 0.6 is 0 Å². The summed E-state index contributed by atoms with van der Waals surface area (Å²) >= 11 is 0. The van der Waals surface area contributed by atoms with Crippen molar-refractivity contribution in [2.24, 2.45) is 5.92 Å². The molecule has 2 atom stereocenters. The van der Waals surface area contributed by atoms with Crippen molar-refractivity contribution in [3.63, 3.8) is 0 Å². The molecule has 1 N–H and O–H groups in total. The molecule has 0 radical (unpaired) electrons. The van der Waals surface area contributed by atoms with E-state index in [4.69, 9.17) is 9.15 Å². The molecular weight excluding hydrogens is 378 g/mol. The zero-order valence-corrected chi connectivity index (χ0v) is 18.0. The minimum atomic E-state index is -0.000194. The van der Waals surface area contributed by atoms with Crippen molar-refractivity contribution in [1.82, 2.24) is 15.1 Å². The van der Waals surface area contributed by atoms with Gasteiger partial charge in [0.25, 0.3) is 0 Å². The lowest BCUT2D eigenvalue weighted by Crippen LogP contribution is -2.47. The number of urea groups is 1. The third kappa shape index (κ3) is 5.24. The first-order valence-corrected chi connectivity index (χ1v) is 11.1. The molecule has 1 aliphatic heterocycles. The van der Waals surface area contributed by atoms with Gasteiger partial charge in [-0.1, -0.05) is 30.3 Å². The largest absolute Gasteiger partial charge is 0.465 e. The van der Waals surface area contributed by atoms with Crippen LogP contribution in [0.1, 0.15) is 48.9 Å². The number of benzene rings is 1. The van der Waals surface area contributed by atoms with Gasteiger partial charge in [0.15, 0.2) is 0 Å². The van der Waals surface area contributed by atoms with Gasteiger partial charge >= 0.3 is 6.03 Å². The Morgan fingerprint density at radius 2 is 1.90 bits per heavy atom. The summed E-state index contributed by atoms with van der Waals surface area (Å²) in [6.45, 7) is 8.51. The second kappa shape index (κ2) is 9.67. The fraction of sp³-hybridized carbons (Fsp3) is 0.542. The molecule has 4 rings (SSSR count). The second-order valence-electron chi connectivity index (χ2n) is 8.48. The molecule has 2 unspecified atom stereocenters. The van der Waals surface area contributed by atoms with E-state index >= 15 is 0 Å². The molecule has 6 nitrogen and oxygen atoms in total. The molecule has 2 amide bonds. The first-order valence-electron chi connectivity index (χ1n) is 11.1. The summed E-state index contributed by atoms with van der Waals surface area (Å²) in [7, 11) is 0. The van der Waals surface area contributed by atoms with Gasteiger partial charge in [0, 0.05) is 26.2 Å². The van der Waals surface area contributed by atoms with Gasteiger partial charge in [0.1, 0.15) is 11.5 Å². The zero-order chi connectivity index (χ0) is 20.9. The van der Waals surface area contributed by atoms with E-state index in [1.54, 1.807) is 0 Å². The highest BCUT2D eigenvalue weighted by atomic mass is 16.5. The van der Waals surface area contributed by atoms with Gasteiger partial charge in [-0.3, -0.25) is 4.90 Å². The average molecular weight is 412 g/mol. The van der Waals surface area contributed by atoms with Crippen LogP contribution in [-0.4, -0.2) is 55.2 Å². The summed E-state index contributed by atoms with van der Waals surface area (Å²) in [5.41, 5.74) is 1.17. The summed E-state index contributed by atoms with van der Waals surface area (Å²) in [5, 5.41) is 3.22. The predicted octanol–water partition coefficient (Wildman–Crippen LogP) is 4.14. The van der Waals surface area contributed by atoms with E-state index in [0.29, 0.717) is 25.7 Å². The molecule has 2 aliphatic rings. The number of carbonyl (C=O) groups excluding carboxylic acids is 1. The van der Waals surface area contributed by atoms with Crippen molar-refractivity contribution in [2.45, 2.75) is 38.8 Å². The smallest absolute Gasteiger partial charge is 0.317 e. The summed E-state index contributed by atoms with van der Waals surface area (Å²) in [4.78, 5) is 17.6. The van der Waals surface area contributed by atoms with Gasteiger partial charge in [0.2, 0.25) is 0 Å². The normalized spacial score (nSPS) is 19.3. The van der Waals surface area contributed by atoms with Crippen molar-refractivity contribution in [2.75, 3.05) is 39.4 Å². The number of morpholine rings is 1. The molecular formula is C24H33N3O3. The first-order chi connectivity index (χ1) is 14.6. The minimum absolute atomic E-state index is 0.000194. The predicted molar refractivity (Wildman–Crippen MR) is 116 cm³/mol. The molecule has 0 bridgehead atoms. The number of hydrogen-bond donors (Lipinski definition) is 1. The Balaban J connectivity index is 1.45. The summed E-state index contributed by atoms with van der Waals surface area (Å²) in [6, 6.07) is 14.3. The number of ether oxygens (including phenoxy) is 1. The topological polar surface area (TPSA) is 58.0 Å². The highest BCUT2D eigenvalue weighted by molar-refractivity contribution is 5.74. The van der Waals surface area contributed by atoms with Gasteiger partial charge in [-0.05, 0) is 50.3 Å². The Morgan fingerprint density at radius 1 is 1.17 bits per heavy atom. The number of amides is 2. The van der Waals surface area contributed by atoms with Gasteiger partial charge in [-0.2, -0.15) is 0 Å². The Hall–Kier alpha value is -2.31. The molecule has 1 aromatic heterocycles. The first kappa shape index (κ1) is 20.9. The number of furan rings is 1. The van der Waals surface area contributed by atoms with Gasteiger partial charge in [0.05, 0.1) is 25.3 Å². The van der Waals surface area contributed by atoms with Crippen LogP contribution in [0.4, 0.5) is 4.79 Å². The Kier molecular flexibility index (Phi) is 6.75. The molecule has 1 saturated carbocycles. The van der Waals surface area contributed by atoms with Crippen LogP contribution in [0.15, 0.2) is 46.9 Å². The van der Waals surface area contributed by atoms with Crippen molar-refractivity contribution < 1.29 is 13.9 Å². The third-order valence-electron chi connectivity index (χ3n) is 6.18. The van der Waals surface area contributed by atoms with Crippen LogP contribution in [0.25, 0.3) is 0 Å². The fourth-order valence-corrected chi connectivity index (χ4v) is 4.12. The quantitative estimate of drug-likeness (QED) is 0.709. The van der Waals surface area contributed by atoms with E-state index in [1.807, 2.05) is 42.2 Å². The molecule has 1 saturated heterocycles. The van der Waals surface area contributed by atoms with Crippen LogP contribution in [0, 0.1) is 12.8 Å². The maximum atomic E-state index is 13.3. The van der Waals surface area contributed by atoms with E-state index < -0.39 is 0 Å². The van der Waals surface area contributed by atoms with Gasteiger partial charge in [-0.15, -0.1) is 0 Å². The van der Waals surface area contributed by atoms with E-state index in [2.05, 4.69) is 29.3 Å². The highest BCUT2D eigenvalue weighted by Crippen LogP contribution is 2.33. The number of hydrogen-bond acceptors (Lipinski definition) is 4. The van der Waals surface area contributed by atoms with Gasteiger partial charge in [-0.25, -0.2) is 4.79 Å². The molecule has 6 heteroatoms. The molecule has 30 heavy (non-hydrogen) atoms. The Morgan fingerprint density at radius 3 is 2.53 bits per heavy atom. The molecule has 1 aromatic carbocycles. The maximum Gasteiger partial charge on any atom is 0.317 e. The molecule has 2 heterocycles. The third-order valence-corrected chi connectivity index (χ3v) is 6.18. The molecule has 0 spiro atoms. The minimum Gasteiger partial charge on any atom is -0.465 e. The average Bonchev–Trinajstić information content (AvgIpc) is 3.51. The van der Waals surface area contributed by atoms with Crippen LogP contribution in [0.5, 0.6) is 0 Å². The molecule has 2 fully saturated rings. The van der Waals surface area contributed by atoms with Crippen molar-refractivity contribution in [3.05, 3.63) is 59.5 Å². The van der Waals surface area contributed by atoms with E-state index in [1.165, 1.54) is 18.4 Å². The summed E-state index contributed by atoms with van der Waals surface area (Å²) < 4.78 is 11.5. The number of rotatable bonds is 8. The number of carbonyl (C=O) groups is 1. The Bertz CT molecular complexity index is 812. The summed E-state index contributed by atoms with van der Waals surface area (Å²) in [5.74, 6) is 2.42. The SMILES string of the molecule is Cc1ccc(C(CNC(=O)N(CC2CC2)C(C)c2ccccc2)N2CCOCC2)o1. The lowest BCUT2D eigenvalue weighted by molar-refractivity contribution is 0.0118. The standard InChI is InChI=1S/C24H33N3O3/c1-18-8-11-23(30-18)22(26-12-14-29-15-13-26)16-25-24(28)27(17-20-9-10-20)19(2)21-6-4-3-5-7-21/h3-8,11,19-20,22H,9-10,12-17H2,1-2H3,(H,25,28). The number of nitrogens with one attached hydrogen (secondary N) is 1. The number of nitrogens with zero attached hydrogens (tertiary/aromatic N) is 2.